The lowest BCUT2D eigenvalue weighted by atomic mass is 9.95. The predicted molar refractivity (Wildman–Crippen MR) is 156 cm³/mol. The van der Waals surface area contributed by atoms with Gasteiger partial charge in [-0.3, -0.25) is 9.36 Å². The Kier molecular flexibility index (Phi) is 9.16. The van der Waals surface area contributed by atoms with Gasteiger partial charge in [-0.1, -0.05) is 52.1 Å². The molecule has 3 aromatic rings. The minimum absolute atomic E-state index is 0.170. The van der Waals surface area contributed by atoms with Gasteiger partial charge in [0, 0.05) is 10.0 Å². The van der Waals surface area contributed by atoms with E-state index in [2.05, 4.69) is 27.5 Å². The summed E-state index contributed by atoms with van der Waals surface area (Å²) in [5.41, 5.74) is 1.64. The lowest BCUT2D eigenvalue weighted by Crippen LogP contribution is -2.40. The van der Waals surface area contributed by atoms with Crippen molar-refractivity contribution in [3.8, 4) is 23.0 Å². The molecule has 1 aromatic heterocycles. The second kappa shape index (κ2) is 12.6. The maximum Gasteiger partial charge on any atom is 0.338 e. The van der Waals surface area contributed by atoms with E-state index in [1.54, 1.807) is 51.3 Å². The van der Waals surface area contributed by atoms with E-state index in [9.17, 15) is 9.59 Å². The van der Waals surface area contributed by atoms with E-state index >= 15 is 0 Å². The molecule has 0 saturated carbocycles. The second-order valence-electron chi connectivity index (χ2n) is 8.51. The zero-order valence-corrected chi connectivity index (χ0v) is 25.2. The lowest BCUT2D eigenvalue weighted by molar-refractivity contribution is -0.139. The van der Waals surface area contributed by atoms with Crippen molar-refractivity contribution in [3.05, 3.63) is 89.5 Å². The van der Waals surface area contributed by atoms with Crippen molar-refractivity contribution in [2.75, 3.05) is 34.5 Å². The first-order chi connectivity index (χ1) is 19.3. The summed E-state index contributed by atoms with van der Waals surface area (Å²) in [6.45, 7) is 7.60. The third-order valence-electron chi connectivity index (χ3n) is 6.18. The Bertz CT molecular complexity index is 1670. The third kappa shape index (κ3) is 5.44. The molecule has 0 N–H and O–H groups in total. The maximum atomic E-state index is 14.1. The number of carbonyl (C=O) groups excluding carboxylic acids is 1. The molecule has 2 heterocycles. The molecule has 4 rings (SSSR count). The van der Waals surface area contributed by atoms with Gasteiger partial charge in [0.1, 0.15) is 6.61 Å². The van der Waals surface area contributed by atoms with Gasteiger partial charge < -0.3 is 23.7 Å². The highest BCUT2D eigenvalue weighted by atomic mass is 79.9. The van der Waals surface area contributed by atoms with Gasteiger partial charge in [-0.2, -0.15) is 0 Å². The first kappa shape index (κ1) is 29.2. The number of methoxy groups -OCH3 is 3. The Balaban J connectivity index is 2.01. The molecule has 0 radical (unpaired) electrons. The van der Waals surface area contributed by atoms with Crippen LogP contribution in [0.4, 0.5) is 0 Å². The number of hydrogen-bond acceptors (Lipinski definition) is 9. The fourth-order valence-corrected chi connectivity index (χ4v) is 5.99. The Morgan fingerprint density at radius 2 is 1.85 bits per heavy atom. The van der Waals surface area contributed by atoms with Crippen LogP contribution in [0.25, 0.3) is 6.08 Å². The topological polar surface area (TPSA) is 97.6 Å². The molecule has 0 fully saturated rings. The highest BCUT2D eigenvalue weighted by molar-refractivity contribution is 9.10. The number of nitrogens with zero attached hydrogens (tertiary/aromatic N) is 2. The van der Waals surface area contributed by atoms with E-state index < -0.39 is 12.0 Å². The van der Waals surface area contributed by atoms with E-state index in [1.165, 1.54) is 30.1 Å². The molecule has 1 atom stereocenters. The normalized spacial score (nSPS) is 14.8. The number of hydrogen-bond donors (Lipinski definition) is 0. The predicted octanol–water partition coefficient (Wildman–Crippen LogP) is 4.15. The van der Waals surface area contributed by atoms with Crippen LogP contribution in [0.2, 0.25) is 0 Å². The fourth-order valence-electron chi connectivity index (χ4n) is 4.41. The van der Waals surface area contributed by atoms with Crippen LogP contribution in [0.15, 0.2) is 68.5 Å². The van der Waals surface area contributed by atoms with Crippen LogP contribution in [0, 0.1) is 0 Å². The Morgan fingerprint density at radius 1 is 1.15 bits per heavy atom. The van der Waals surface area contributed by atoms with Crippen LogP contribution in [-0.2, 0) is 9.53 Å². The molecule has 210 valence electrons. The van der Waals surface area contributed by atoms with E-state index in [4.69, 9.17) is 23.7 Å². The van der Waals surface area contributed by atoms with Crippen LogP contribution >= 0.6 is 27.3 Å². The summed E-state index contributed by atoms with van der Waals surface area (Å²) < 4.78 is 30.2. The van der Waals surface area contributed by atoms with Crippen LogP contribution < -0.4 is 33.8 Å². The minimum Gasteiger partial charge on any atom is -0.493 e. The Morgan fingerprint density at radius 3 is 2.50 bits per heavy atom. The molecule has 40 heavy (non-hydrogen) atoms. The lowest BCUT2D eigenvalue weighted by Gasteiger charge is -2.26. The molecular weight excluding hydrogens is 600 g/mol. The van der Waals surface area contributed by atoms with Gasteiger partial charge >= 0.3 is 5.97 Å². The first-order valence-corrected chi connectivity index (χ1v) is 13.9. The standard InChI is InChI=1S/C29H29BrN2O7S/c1-7-12-39-26-17(10-9-11-20(26)35-4)13-23-27(33)32-25(18-14-21(36-5)22(37-6)15-19(18)30)24(28(34)38-8-2)16(3)31-29(32)40-23/h7,9-11,13-15,25H,1,8,12H2,2-6H3/b23-13-/t25-/m0/s1. The van der Waals surface area contributed by atoms with E-state index in [0.29, 0.717) is 53.6 Å². The molecule has 0 amide bonds. The van der Waals surface area contributed by atoms with Crippen molar-refractivity contribution in [1.29, 1.82) is 0 Å². The molecule has 0 spiro atoms. The SMILES string of the molecule is C=CCOc1c(/C=c2\sc3n(c2=O)[C@@H](c2cc(OC)c(OC)cc2Br)C(C(=O)OCC)=C(C)N=3)cccc1OC. The van der Waals surface area contributed by atoms with Gasteiger partial charge in [0.05, 0.1) is 49.8 Å². The third-order valence-corrected chi connectivity index (χ3v) is 7.85. The number of aromatic nitrogens is 1. The number of fused-ring (bicyclic) bond motifs is 1. The van der Waals surface area contributed by atoms with E-state index in [1.807, 2.05) is 12.1 Å². The molecular formula is C29H29BrN2O7S. The number of para-hydroxylation sites is 1. The Labute approximate surface area is 243 Å². The number of halogens is 1. The summed E-state index contributed by atoms with van der Waals surface area (Å²) in [7, 11) is 4.61. The zero-order valence-electron chi connectivity index (χ0n) is 22.8. The van der Waals surface area contributed by atoms with Gasteiger partial charge in [0.15, 0.2) is 27.8 Å². The van der Waals surface area contributed by atoms with Crippen LogP contribution in [0.3, 0.4) is 0 Å². The number of benzene rings is 2. The van der Waals surface area contributed by atoms with Crippen molar-refractivity contribution in [3.63, 3.8) is 0 Å². The van der Waals surface area contributed by atoms with Crippen molar-refractivity contribution in [2.24, 2.45) is 4.99 Å². The average Bonchev–Trinajstić information content (AvgIpc) is 3.25. The van der Waals surface area contributed by atoms with Crippen molar-refractivity contribution in [2.45, 2.75) is 19.9 Å². The van der Waals surface area contributed by atoms with Gasteiger partial charge in [-0.05, 0) is 43.7 Å². The number of esters is 1. The van der Waals surface area contributed by atoms with Crippen molar-refractivity contribution >= 4 is 39.3 Å². The molecule has 0 unspecified atom stereocenters. The highest BCUT2D eigenvalue weighted by Crippen LogP contribution is 2.41. The van der Waals surface area contributed by atoms with Crippen molar-refractivity contribution < 1.29 is 28.5 Å². The van der Waals surface area contributed by atoms with Gasteiger partial charge in [-0.15, -0.1) is 0 Å². The first-order valence-electron chi connectivity index (χ1n) is 12.3. The van der Waals surface area contributed by atoms with Gasteiger partial charge in [0.25, 0.3) is 5.56 Å². The molecule has 0 bridgehead atoms. The monoisotopic (exact) mass is 628 g/mol. The number of rotatable bonds is 10. The maximum absolute atomic E-state index is 14.1. The molecule has 11 heteroatoms. The summed E-state index contributed by atoms with van der Waals surface area (Å²) in [5, 5.41) is 0. The summed E-state index contributed by atoms with van der Waals surface area (Å²) in [6.07, 6.45) is 3.36. The summed E-state index contributed by atoms with van der Waals surface area (Å²) in [4.78, 5) is 32.4. The van der Waals surface area contributed by atoms with Crippen molar-refractivity contribution in [1.82, 2.24) is 4.57 Å². The molecule has 0 aliphatic carbocycles. The van der Waals surface area contributed by atoms with E-state index in [0.717, 1.165) is 0 Å². The van der Waals surface area contributed by atoms with Crippen LogP contribution in [0.5, 0.6) is 23.0 Å². The average molecular weight is 630 g/mol. The molecule has 1 aliphatic rings. The molecule has 2 aromatic carbocycles. The fraction of sp³-hybridized carbons (Fsp3) is 0.276. The second-order valence-corrected chi connectivity index (χ2v) is 10.4. The molecule has 1 aliphatic heterocycles. The number of carbonyl (C=O) groups is 1. The highest BCUT2D eigenvalue weighted by Gasteiger charge is 2.35. The van der Waals surface area contributed by atoms with Crippen LogP contribution in [0.1, 0.15) is 31.0 Å². The number of allylic oxidation sites excluding steroid dienone is 1. The summed E-state index contributed by atoms with van der Waals surface area (Å²) in [5.74, 6) is 1.39. The number of ether oxygens (including phenoxy) is 5. The summed E-state index contributed by atoms with van der Waals surface area (Å²) >= 11 is 4.82. The van der Waals surface area contributed by atoms with Gasteiger partial charge in [-0.25, -0.2) is 9.79 Å². The summed E-state index contributed by atoms with van der Waals surface area (Å²) in [6, 6.07) is 8.06. The quantitative estimate of drug-likeness (QED) is 0.246. The van der Waals surface area contributed by atoms with E-state index in [-0.39, 0.29) is 24.3 Å². The largest absolute Gasteiger partial charge is 0.493 e. The van der Waals surface area contributed by atoms with Gasteiger partial charge in [0.2, 0.25) is 0 Å². The van der Waals surface area contributed by atoms with Crippen LogP contribution in [-0.4, -0.2) is 45.1 Å². The molecule has 0 saturated heterocycles. The Hall–Kier alpha value is -3.83. The smallest absolute Gasteiger partial charge is 0.338 e. The molecule has 9 nitrogen and oxygen atoms in total. The zero-order chi connectivity index (χ0) is 29.0. The number of thiazole rings is 1. The minimum atomic E-state index is -0.839.